The second-order valence-electron chi connectivity index (χ2n) is 6.22. The Morgan fingerprint density at radius 2 is 1.65 bits per heavy atom. The van der Waals surface area contributed by atoms with Gasteiger partial charge in [-0.25, -0.2) is 0 Å². The molecule has 0 radical (unpaired) electrons. The van der Waals surface area contributed by atoms with Crippen molar-refractivity contribution >= 4 is 13.1 Å². The van der Waals surface area contributed by atoms with E-state index in [0.717, 1.165) is 5.56 Å². The van der Waals surface area contributed by atoms with Gasteiger partial charge in [0.05, 0.1) is 17.1 Å². The molecular weight excluding hydrogens is 255 g/mol. The molecule has 2 rings (SSSR count). The number of carboxylic acid groups (broad SMARTS) is 1. The minimum absolute atomic E-state index is 0.312. The lowest BCUT2D eigenvalue weighted by Crippen LogP contribution is -2.41. The van der Waals surface area contributed by atoms with Crippen molar-refractivity contribution in [3.05, 3.63) is 35.9 Å². The molecule has 1 aliphatic heterocycles. The third-order valence-electron chi connectivity index (χ3n) is 4.23. The fourth-order valence-corrected chi connectivity index (χ4v) is 2.32. The topological polar surface area (TPSA) is 55.8 Å². The lowest BCUT2D eigenvalue weighted by atomic mass is 9.75. The third kappa shape index (κ3) is 2.89. The van der Waals surface area contributed by atoms with E-state index in [9.17, 15) is 9.90 Å². The molecule has 4 nitrogen and oxygen atoms in total. The van der Waals surface area contributed by atoms with Crippen molar-refractivity contribution in [2.45, 2.75) is 51.1 Å². The van der Waals surface area contributed by atoms with Crippen LogP contribution in [0.5, 0.6) is 0 Å². The highest BCUT2D eigenvalue weighted by Crippen LogP contribution is 2.39. The molecule has 0 saturated carbocycles. The molecule has 0 aliphatic carbocycles. The largest absolute Gasteiger partial charge is 0.481 e. The lowest BCUT2D eigenvalue weighted by Gasteiger charge is -2.32. The SMILES string of the molecule is CC1(C)OB(CC(C(=O)O)c2ccccc2)OC1(C)C. The Balaban J connectivity index is 2.14. The second-order valence-corrected chi connectivity index (χ2v) is 6.22. The van der Waals surface area contributed by atoms with Crippen molar-refractivity contribution in [3.8, 4) is 0 Å². The molecule has 1 fully saturated rings. The van der Waals surface area contributed by atoms with Gasteiger partial charge in [-0.15, -0.1) is 0 Å². The van der Waals surface area contributed by atoms with Crippen LogP contribution in [0.15, 0.2) is 30.3 Å². The molecule has 1 saturated heterocycles. The van der Waals surface area contributed by atoms with Crippen LogP contribution in [-0.4, -0.2) is 29.4 Å². The average Bonchev–Trinajstić information content (AvgIpc) is 2.55. The highest BCUT2D eigenvalue weighted by atomic mass is 16.7. The molecule has 5 heteroatoms. The first-order valence-corrected chi connectivity index (χ1v) is 6.86. The molecule has 1 atom stereocenters. The van der Waals surface area contributed by atoms with Gasteiger partial charge in [-0.2, -0.15) is 0 Å². The van der Waals surface area contributed by atoms with Crippen LogP contribution < -0.4 is 0 Å². The molecule has 0 aromatic heterocycles. The maximum atomic E-state index is 11.5. The standard InChI is InChI=1S/C15H21BO4/c1-14(2)15(3,4)20-16(19-14)10-12(13(17)18)11-8-6-5-7-9-11/h5-9,12H,10H2,1-4H3,(H,17,18). The molecule has 20 heavy (non-hydrogen) atoms. The van der Waals surface area contributed by atoms with E-state index in [1.165, 1.54) is 0 Å². The summed E-state index contributed by atoms with van der Waals surface area (Å²) >= 11 is 0. The van der Waals surface area contributed by atoms with Crippen LogP contribution in [0.1, 0.15) is 39.2 Å². The minimum Gasteiger partial charge on any atom is -0.481 e. The Hall–Kier alpha value is -1.33. The van der Waals surface area contributed by atoms with E-state index >= 15 is 0 Å². The highest BCUT2D eigenvalue weighted by Gasteiger charge is 2.51. The Kier molecular flexibility index (Phi) is 3.94. The molecule has 1 unspecified atom stereocenters. The molecule has 0 bridgehead atoms. The summed E-state index contributed by atoms with van der Waals surface area (Å²) in [7, 11) is -0.499. The number of carboxylic acids is 1. The number of carbonyl (C=O) groups is 1. The van der Waals surface area contributed by atoms with Crippen LogP contribution in [0.2, 0.25) is 6.32 Å². The number of benzene rings is 1. The summed E-state index contributed by atoms with van der Waals surface area (Å²) in [4.78, 5) is 11.5. The molecule has 1 aromatic rings. The van der Waals surface area contributed by atoms with Gasteiger partial charge in [0.25, 0.3) is 0 Å². The van der Waals surface area contributed by atoms with Crippen LogP contribution in [0, 0.1) is 0 Å². The van der Waals surface area contributed by atoms with Crippen molar-refractivity contribution in [3.63, 3.8) is 0 Å². The smallest absolute Gasteiger partial charge is 0.459 e. The van der Waals surface area contributed by atoms with Crippen molar-refractivity contribution in [2.75, 3.05) is 0 Å². The van der Waals surface area contributed by atoms with Crippen molar-refractivity contribution in [2.24, 2.45) is 0 Å². The Labute approximate surface area is 120 Å². The molecular formula is C15H21BO4. The van der Waals surface area contributed by atoms with Gasteiger partial charge in [0, 0.05) is 0 Å². The summed E-state index contributed by atoms with van der Waals surface area (Å²) in [6, 6.07) is 9.20. The maximum Gasteiger partial charge on any atom is 0.459 e. The zero-order chi connectivity index (χ0) is 15.0. The van der Waals surface area contributed by atoms with Crippen LogP contribution in [-0.2, 0) is 14.1 Å². The summed E-state index contributed by atoms with van der Waals surface area (Å²) in [6.07, 6.45) is 0.312. The van der Waals surface area contributed by atoms with Gasteiger partial charge in [0.15, 0.2) is 0 Å². The van der Waals surface area contributed by atoms with Crippen LogP contribution in [0.25, 0.3) is 0 Å². The molecule has 1 aliphatic rings. The van der Waals surface area contributed by atoms with E-state index in [-0.39, 0.29) is 0 Å². The molecule has 0 amide bonds. The number of rotatable bonds is 4. The predicted octanol–water partition coefficient (Wildman–Crippen LogP) is 2.95. The summed E-state index contributed by atoms with van der Waals surface area (Å²) in [6.45, 7) is 7.85. The average molecular weight is 276 g/mol. The van der Waals surface area contributed by atoms with Gasteiger partial charge >= 0.3 is 13.1 Å². The number of hydrogen-bond acceptors (Lipinski definition) is 3. The van der Waals surface area contributed by atoms with Crippen LogP contribution in [0.3, 0.4) is 0 Å². The fraction of sp³-hybridized carbons (Fsp3) is 0.533. The van der Waals surface area contributed by atoms with E-state index in [1.54, 1.807) is 0 Å². The zero-order valence-electron chi connectivity index (χ0n) is 12.4. The van der Waals surface area contributed by atoms with E-state index in [1.807, 2.05) is 58.0 Å². The number of aliphatic carboxylic acids is 1. The van der Waals surface area contributed by atoms with E-state index in [2.05, 4.69) is 0 Å². The first-order valence-electron chi connectivity index (χ1n) is 6.86. The first-order chi connectivity index (χ1) is 9.23. The van der Waals surface area contributed by atoms with Crippen molar-refractivity contribution in [1.82, 2.24) is 0 Å². The van der Waals surface area contributed by atoms with E-state index in [4.69, 9.17) is 9.31 Å². The second kappa shape index (κ2) is 5.22. The summed E-state index contributed by atoms with van der Waals surface area (Å²) in [5, 5.41) is 9.44. The molecule has 1 heterocycles. The molecule has 108 valence electrons. The van der Waals surface area contributed by atoms with E-state index in [0.29, 0.717) is 6.32 Å². The van der Waals surface area contributed by atoms with Gasteiger partial charge in [-0.05, 0) is 39.6 Å². The zero-order valence-corrected chi connectivity index (χ0v) is 12.4. The van der Waals surface area contributed by atoms with Crippen molar-refractivity contribution < 1.29 is 19.2 Å². The molecule has 1 aromatic carbocycles. The maximum absolute atomic E-state index is 11.5. The Morgan fingerprint density at radius 1 is 1.15 bits per heavy atom. The highest BCUT2D eigenvalue weighted by molar-refractivity contribution is 6.46. The first kappa shape index (κ1) is 15.1. The third-order valence-corrected chi connectivity index (χ3v) is 4.23. The summed E-state index contributed by atoms with van der Waals surface area (Å²) in [5.41, 5.74) is -0.0934. The summed E-state index contributed by atoms with van der Waals surface area (Å²) < 4.78 is 11.8. The number of hydrogen-bond donors (Lipinski definition) is 1. The quantitative estimate of drug-likeness (QED) is 0.859. The van der Waals surface area contributed by atoms with Gasteiger partial charge in [-0.3, -0.25) is 4.79 Å². The van der Waals surface area contributed by atoms with Gasteiger partial charge in [-0.1, -0.05) is 30.3 Å². The molecule has 1 N–H and O–H groups in total. The lowest BCUT2D eigenvalue weighted by molar-refractivity contribution is -0.138. The molecule has 0 spiro atoms. The Bertz CT molecular complexity index is 468. The van der Waals surface area contributed by atoms with Gasteiger partial charge < -0.3 is 14.4 Å². The van der Waals surface area contributed by atoms with Gasteiger partial charge in [0.2, 0.25) is 0 Å². The fourth-order valence-electron chi connectivity index (χ4n) is 2.32. The predicted molar refractivity (Wildman–Crippen MR) is 77.7 cm³/mol. The Morgan fingerprint density at radius 3 is 2.10 bits per heavy atom. The van der Waals surface area contributed by atoms with E-state index < -0.39 is 30.2 Å². The normalized spacial score (nSPS) is 21.7. The van der Waals surface area contributed by atoms with Crippen LogP contribution >= 0.6 is 0 Å². The van der Waals surface area contributed by atoms with Crippen LogP contribution in [0.4, 0.5) is 0 Å². The summed E-state index contributed by atoms with van der Waals surface area (Å²) in [5.74, 6) is -1.48. The van der Waals surface area contributed by atoms with Crippen molar-refractivity contribution in [1.29, 1.82) is 0 Å². The monoisotopic (exact) mass is 276 g/mol. The minimum atomic E-state index is -0.856. The van der Waals surface area contributed by atoms with Gasteiger partial charge in [0.1, 0.15) is 0 Å².